The summed E-state index contributed by atoms with van der Waals surface area (Å²) in [5.74, 6) is 0. The standard InChI is InChI=1S/C9H16N2/c1-8-4-5-9(2)11(8)7-3-6-10/h4-5H,3,6-7,10H2,1-2H3. The summed E-state index contributed by atoms with van der Waals surface area (Å²) >= 11 is 0. The van der Waals surface area contributed by atoms with E-state index < -0.39 is 0 Å². The van der Waals surface area contributed by atoms with Crippen molar-refractivity contribution in [3.63, 3.8) is 0 Å². The third-order valence-electron chi connectivity index (χ3n) is 2.00. The lowest BCUT2D eigenvalue weighted by Crippen LogP contribution is -2.07. The van der Waals surface area contributed by atoms with Crippen LogP contribution in [0.5, 0.6) is 0 Å². The van der Waals surface area contributed by atoms with Crippen LogP contribution in [-0.4, -0.2) is 11.1 Å². The van der Waals surface area contributed by atoms with Crippen LogP contribution >= 0.6 is 0 Å². The first-order valence-electron chi connectivity index (χ1n) is 4.08. The summed E-state index contributed by atoms with van der Waals surface area (Å²) in [5.41, 5.74) is 8.09. The number of hydrogen-bond donors (Lipinski definition) is 1. The van der Waals surface area contributed by atoms with E-state index in [-0.39, 0.29) is 0 Å². The topological polar surface area (TPSA) is 30.9 Å². The van der Waals surface area contributed by atoms with Gasteiger partial charge in [0.2, 0.25) is 0 Å². The molecule has 11 heavy (non-hydrogen) atoms. The summed E-state index contributed by atoms with van der Waals surface area (Å²) in [4.78, 5) is 0. The number of aryl methyl sites for hydroxylation is 2. The molecule has 1 rings (SSSR count). The molecule has 0 aliphatic heterocycles. The number of nitrogens with zero attached hydrogens (tertiary/aromatic N) is 1. The van der Waals surface area contributed by atoms with Crippen molar-refractivity contribution in [2.24, 2.45) is 5.73 Å². The molecule has 0 bridgehead atoms. The molecule has 0 fully saturated rings. The molecule has 0 saturated carbocycles. The van der Waals surface area contributed by atoms with Gasteiger partial charge in [0.05, 0.1) is 0 Å². The Morgan fingerprint density at radius 1 is 1.27 bits per heavy atom. The monoisotopic (exact) mass is 152 g/mol. The van der Waals surface area contributed by atoms with E-state index in [0.29, 0.717) is 0 Å². The van der Waals surface area contributed by atoms with Crippen LogP contribution < -0.4 is 5.73 Å². The number of nitrogens with two attached hydrogens (primary N) is 1. The highest BCUT2D eigenvalue weighted by Gasteiger charge is 1.98. The maximum Gasteiger partial charge on any atom is 0.0236 e. The molecular formula is C9H16N2. The van der Waals surface area contributed by atoms with E-state index >= 15 is 0 Å². The van der Waals surface area contributed by atoms with Gasteiger partial charge in [-0.2, -0.15) is 0 Å². The summed E-state index contributed by atoms with van der Waals surface area (Å²) in [7, 11) is 0. The first-order valence-corrected chi connectivity index (χ1v) is 4.08. The zero-order chi connectivity index (χ0) is 8.27. The Labute approximate surface area is 68.0 Å². The largest absolute Gasteiger partial charge is 0.349 e. The lowest BCUT2D eigenvalue weighted by molar-refractivity contribution is 0.626. The van der Waals surface area contributed by atoms with Gasteiger partial charge in [-0.25, -0.2) is 0 Å². The van der Waals surface area contributed by atoms with Crippen molar-refractivity contribution in [1.82, 2.24) is 4.57 Å². The predicted molar refractivity (Wildman–Crippen MR) is 47.6 cm³/mol. The molecule has 1 aromatic heterocycles. The Kier molecular flexibility index (Phi) is 2.71. The smallest absolute Gasteiger partial charge is 0.0236 e. The molecule has 0 aliphatic rings. The van der Waals surface area contributed by atoms with Gasteiger partial charge in [-0.1, -0.05) is 0 Å². The average molecular weight is 152 g/mol. The van der Waals surface area contributed by atoms with Crippen molar-refractivity contribution in [3.8, 4) is 0 Å². The van der Waals surface area contributed by atoms with Crippen LogP contribution in [0.25, 0.3) is 0 Å². The van der Waals surface area contributed by atoms with E-state index in [1.165, 1.54) is 11.4 Å². The maximum absolute atomic E-state index is 5.43. The van der Waals surface area contributed by atoms with Gasteiger partial charge in [-0.15, -0.1) is 0 Å². The Morgan fingerprint density at radius 3 is 2.27 bits per heavy atom. The molecule has 1 aromatic rings. The van der Waals surface area contributed by atoms with E-state index in [1.54, 1.807) is 0 Å². The minimum Gasteiger partial charge on any atom is -0.349 e. The second-order valence-corrected chi connectivity index (χ2v) is 2.91. The molecule has 0 unspecified atom stereocenters. The molecule has 0 saturated heterocycles. The summed E-state index contributed by atoms with van der Waals surface area (Å²) in [6.45, 7) is 6.09. The van der Waals surface area contributed by atoms with Crippen LogP contribution in [-0.2, 0) is 6.54 Å². The lowest BCUT2D eigenvalue weighted by atomic mass is 10.4. The van der Waals surface area contributed by atoms with Gasteiger partial charge >= 0.3 is 0 Å². The first-order chi connectivity index (χ1) is 5.25. The zero-order valence-electron chi connectivity index (χ0n) is 7.30. The third kappa shape index (κ3) is 1.84. The number of rotatable bonds is 3. The van der Waals surface area contributed by atoms with Crippen LogP contribution in [0.15, 0.2) is 12.1 Å². The highest BCUT2D eigenvalue weighted by molar-refractivity contribution is 5.13. The maximum atomic E-state index is 5.43. The Morgan fingerprint density at radius 2 is 1.82 bits per heavy atom. The van der Waals surface area contributed by atoms with Crippen LogP contribution in [0.4, 0.5) is 0 Å². The van der Waals surface area contributed by atoms with Gasteiger partial charge in [0, 0.05) is 17.9 Å². The molecule has 0 aromatic carbocycles. The van der Waals surface area contributed by atoms with Gasteiger partial charge in [0.1, 0.15) is 0 Å². The minimum absolute atomic E-state index is 0.775. The van der Waals surface area contributed by atoms with E-state index in [4.69, 9.17) is 5.73 Å². The van der Waals surface area contributed by atoms with Crippen molar-refractivity contribution in [2.45, 2.75) is 26.8 Å². The lowest BCUT2D eigenvalue weighted by Gasteiger charge is -2.07. The molecule has 1 heterocycles. The van der Waals surface area contributed by atoms with Crippen molar-refractivity contribution in [2.75, 3.05) is 6.54 Å². The van der Waals surface area contributed by atoms with Gasteiger partial charge in [-0.3, -0.25) is 0 Å². The SMILES string of the molecule is Cc1ccc(C)n1CCCN. The molecular weight excluding hydrogens is 136 g/mol. The second kappa shape index (κ2) is 3.58. The van der Waals surface area contributed by atoms with Gasteiger partial charge in [-0.05, 0) is 38.9 Å². The molecule has 2 nitrogen and oxygen atoms in total. The summed E-state index contributed by atoms with van der Waals surface area (Å²) < 4.78 is 2.30. The molecule has 0 radical (unpaired) electrons. The average Bonchev–Trinajstić information content (AvgIpc) is 2.29. The fourth-order valence-corrected chi connectivity index (χ4v) is 1.30. The Balaban J connectivity index is 2.67. The van der Waals surface area contributed by atoms with Crippen molar-refractivity contribution in [1.29, 1.82) is 0 Å². The minimum atomic E-state index is 0.775. The van der Waals surface area contributed by atoms with Crippen LogP contribution in [0.3, 0.4) is 0 Å². The summed E-state index contributed by atoms with van der Waals surface area (Å²) in [6, 6.07) is 4.29. The van der Waals surface area contributed by atoms with Crippen LogP contribution in [0, 0.1) is 13.8 Å². The van der Waals surface area contributed by atoms with Crippen molar-refractivity contribution >= 4 is 0 Å². The van der Waals surface area contributed by atoms with E-state index in [9.17, 15) is 0 Å². The second-order valence-electron chi connectivity index (χ2n) is 2.91. The van der Waals surface area contributed by atoms with E-state index in [0.717, 1.165) is 19.5 Å². The van der Waals surface area contributed by atoms with Crippen LogP contribution in [0.1, 0.15) is 17.8 Å². The quantitative estimate of drug-likeness (QED) is 0.698. The van der Waals surface area contributed by atoms with Crippen molar-refractivity contribution in [3.05, 3.63) is 23.5 Å². The highest BCUT2D eigenvalue weighted by atomic mass is 15.0. The molecule has 0 amide bonds. The Bertz CT molecular complexity index is 206. The molecule has 0 spiro atoms. The highest BCUT2D eigenvalue weighted by Crippen LogP contribution is 2.06. The summed E-state index contributed by atoms with van der Waals surface area (Å²) in [5, 5.41) is 0. The predicted octanol–water partition coefficient (Wildman–Crippen LogP) is 1.45. The van der Waals surface area contributed by atoms with Gasteiger partial charge in [0.25, 0.3) is 0 Å². The van der Waals surface area contributed by atoms with E-state index in [1.807, 2.05) is 0 Å². The molecule has 0 atom stereocenters. The van der Waals surface area contributed by atoms with Gasteiger partial charge in [0.15, 0.2) is 0 Å². The normalized spacial score (nSPS) is 10.5. The summed E-state index contributed by atoms with van der Waals surface area (Å²) in [6.07, 6.45) is 1.07. The number of hydrogen-bond acceptors (Lipinski definition) is 1. The zero-order valence-corrected chi connectivity index (χ0v) is 7.30. The van der Waals surface area contributed by atoms with Gasteiger partial charge < -0.3 is 10.3 Å². The van der Waals surface area contributed by atoms with Crippen molar-refractivity contribution < 1.29 is 0 Å². The van der Waals surface area contributed by atoms with Crippen LogP contribution in [0.2, 0.25) is 0 Å². The Hall–Kier alpha value is -0.760. The fourth-order valence-electron chi connectivity index (χ4n) is 1.30. The first kappa shape index (κ1) is 8.34. The molecule has 2 heteroatoms. The molecule has 0 aliphatic carbocycles. The fraction of sp³-hybridized carbons (Fsp3) is 0.556. The molecule has 62 valence electrons. The molecule has 2 N–H and O–H groups in total. The third-order valence-corrected chi connectivity index (χ3v) is 2.00. The number of aromatic nitrogens is 1. The van der Waals surface area contributed by atoms with E-state index in [2.05, 4.69) is 30.5 Å².